The predicted octanol–water partition coefficient (Wildman–Crippen LogP) is 3.35. The van der Waals surface area contributed by atoms with Crippen LogP contribution in [-0.4, -0.2) is 19.1 Å². The highest BCUT2D eigenvalue weighted by molar-refractivity contribution is 5.91. The summed E-state index contributed by atoms with van der Waals surface area (Å²) in [7, 11) is 0. The number of hydrogen-bond acceptors (Lipinski definition) is 3. The van der Waals surface area contributed by atoms with Gasteiger partial charge in [0.2, 0.25) is 5.91 Å². The molecule has 0 aromatic heterocycles. The Hall–Kier alpha value is -2.75. The zero-order valence-corrected chi connectivity index (χ0v) is 13.7. The second-order valence-corrected chi connectivity index (χ2v) is 5.56. The van der Waals surface area contributed by atoms with E-state index in [4.69, 9.17) is 9.47 Å². The van der Waals surface area contributed by atoms with Gasteiger partial charge in [0.05, 0.1) is 13.2 Å². The quantitative estimate of drug-likeness (QED) is 0.829. The Bertz CT molecular complexity index is 752. The summed E-state index contributed by atoms with van der Waals surface area (Å²) in [4.78, 5) is 12.0. The maximum absolute atomic E-state index is 12.0. The Labute approximate surface area is 142 Å². The number of fused-ring (bicyclic) bond motifs is 1. The molecule has 0 radical (unpaired) electrons. The van der Waals surface area contributed by atoms with Crippen LogP contribution in [0.3, 0.4) is 0 Å². The van der Waals surface area contributed by atoms with Gasteiger partial charge in [-0.1, -0.05) is 24.3 Å². The molecule has 0 spiro atoms. The van der Waals surface area contributed by atoms with Gasteiger partial charge in [-0.2, -0.15) is 0 Å². The first-order valence-electron chi connectivity index (χ1n) is 8.18. The molecule has 3 rings (SSSR count). The number of nitrogens with one attached hydrogen (secondary N) is 1. The van der Waals surface area contributed by atoms with E-state index in [-0.39, 0.29) is 5.91 Å². The minimum absolute atomic E-state index is 0.127. The van der Waals surface area contributed by atoms with Crippen molar-refractivity contribution in [2.45, 2.75) is 19.9 Å². The van der Waals surface area contributed by atoms with Gasteiger partial charge in [0.15, 0.2) is 0 Å². The fourth-order valence-electron chi connectivity index (χ4n) is 2.67. The molecule has 0 fully saturated rings. The van der Waals surface area contributed by atoms with E-state index in [1.807, 2.05) is 49.4 Å². The molecule has 0 saturated heterocycles. The second-order valence-electron chi connectivity index (χ2n) is 5.56. The van der Waals surface area contributed by atoms with Gasteiger partial charge in [0.25, 0.3) is 0 Å². The third-order valence-corrected chi connectivity index (χ3v) is 3.87. The molecule has 1 aliphatic heterocycles. The zero-order chi connectivity index (χ0) is 16.8. The molecular formula is C20H21NO3. The number of benzene rings is 2. The van der Waals surface area contributed by atoms with Crippen LogP contribution in [0, 0.1) is 0 Å². The van der Waals surface area contributed by atoms with Gasteiger partial charge in [-0.3, -0.25) is 4.79 Å². The van der Waals surface area contributed by atoms with Crippen LogP contribution in [0.2, 0.25) is 0 Å². The number of rotatable bonds is 6. The highest BCUT2D eigenvalue weighted by Gasteiger charge is 2.11. The van der Waals surface area contributed by atoms with Crippen LogP contribution in [-0.2, 0) is 17.8 Å². The Morgan fingerprint density at radius 2 is 2.17 bits per heavy atom. The van der Waals surface area contributed by atoms with E-state index in [1.54, 1.807) is 6.08 Å². The van der Waals surface area contributed by atoms with Crippen LogP contribution >= 0.6 is 0 Å². The molecule has 0 saturated carbocycles. The Morgan fingerprint density at radius 1 is 1.29 bits per heavy atom. The van der Waals surface area contributed by atoms with Crippen LogP contribution in [0.1, 0.15) is 23.6 Å². The van der Waals surface area contributed by atoms with Crippen LogP contribution in [0.25, 0.3) is 6.08 Å². The lowest BCUT2D eigenvalue weighted by Crippen LogP contribution is -2.20. The van der Waals surface area contributed by atoms with Crippen molar-refractivity contribution in [3.8, 4) is 11.5 Å². The molecule has 2 aromatic carbocycles. The molecule has 0 bridgehead atoms. The summed E-state index contributed by atoms with van der Waals surface area (Å²) in [5.74, 6) is 1.63. The fraction of sp³-hybridized carbons (Fsp3) is 0.250. The molecule has 4 heteroatoms. The van der Waals surface area contributed by atoms with E-state index >= 15 is 0 Å². The summed E-state index contributed by atoms with van der Waals surface area (Å²) in [5.41, 5.74) is 3.17. The van der Waals surface area contributed by atoms with Crippen LogP contribution in [0.4, 0.5) is 0 Å². The number of carbonyl (C=O) groups is 1. The number of carbonyl (C=O) groups excluding carboxylic acids is 1. The maximum atomic E-state index is 12.0. The fourth-order valence-corrected chi connectivity index (χ4v) is 2.67. The molecule has 2 aromatic rings. The standard InChI is InChI=1S/C20H21NO3/c1-2-23-18-6-4-3-5-17(18)14-21-20(22)10-8-15-7-9-19-16(13-15)11-12-24-19/h3-10,13H,2,11-12,14H2,1H3,(H,21,22). The van der Waals surface area contributed by atoms with Crippen molar-refractivity contribution < 1.29 is 14.3 Å². The minimum Gasteiger partial charge on any atom is -0.494 e. The van der Waals surface area contributed by atoms with Crippen molar-refractivity contribution in [3.05, 3.63) is 65.2 Å². The highest BCUT2D eigenvalue weighted by atomic mass is 16.5. The van der Waals surface area contributed by atoms with Crippen molar-refractivity contribution in [1.82, 2.24) is 5.32 Å². The largest absolute Gasteiger partial charge is 0.494 e. The molecule has 4 nitrogen and oxygen atoms in total. The average molecular weight is 323 g/mol. The summed E-state index contributed by atoms with van der Waals surface area (Å²) in [6.07, 6.45) is 4.31. The SMILES string of the molecule is CCOc1ccccc1CNC(=O)C=Cc1ccc2c(c1)CCO2. The maximum Gasteiger partial charge on any atom is 0.244 e. The minimum atomic E-state index is -0.127. The first-order chi connectivity index (χ1) is 11.8. The van der Waals surface area contributed by atoms with Gasteiger partial charge in [0, 0.05) is 24.6 Å². The van der Waals surface area contributed by atoms with Crippen molar-refractivity contribution in [1.29, 1.82) is 0 Å². The first-order valence-corrected chi connectivity index (χ1v) is 8.18. The molecular weight excluding hydrogens is 302 g/mol. The van der Waals surface area contributed by atoms with Crippen LogP contribution in [0.5, 0.6) is 11.5 Å². The van der Waals surface area contributed by atoms with Crippen molar-refractivity contribution >= 4 is 12.0 Å². The summed E-state index contributed by atoms with van der Waals surface area (Å²) in [5, 5.41) is 2.89. The van der Waals surface area contributed by atoms with E-state index in [0.717, 1.165) is 35.7 Å². The van der Waals surface area contributed by atoms with E-state index < -0.39 is 0 Å². The number of ether oxygens (including phenoxy) is 2. The molecule has 0 unspecified atom stereocenters. The average Bonchev–Trinajstić information content (AvgIpc) is 3.07. The van der Waals surface area contributed by atoms with Gasteiger partial charge in [-0.25, -0.2) is 0 Å². The van der Waals surface area contributed by atoms with Crippen LogP contribution < -0.4 is 14.8 Å². The highest BCUT2D eigenvalue weighted by Crippen LogP contribution is 2.26. The Balaban J connectivity index is 1.58. The summed E-state index contributed by atoms with van der Waals surface area (Å²) in [6, 6.07) is 13.7. The Morgan fingerprint density at radius 3 is 3.04 bits per heavy atom. The topological polar surface area (TPSA) is 47.6 Å². The van der Waals surface area contributed by atoms with Gasteiger partial charge >= 0.3 is 0 Å². The summed E-state index contributed by atoms with van der Waals surface area (Å²) < 4.78 is 11.0. The molecule has 0 aliphatic carbocycles. The molecule has 1 aliphatic rings. The summed E-state index contributed by atoms with van der Waals surface area (Å²) >= 11 is 0. The normalized spacial score (nSPS) is 12.7. The number of para-hydroxylation sites is 1. The number of amides is 1. The molecule has 1 N–H and O–H groups in total. The van der Waals surface area contributed by atoms with Gasteiger partial charge < -0.3 is 14.8 Å². The van der Waals surface area contributed by atoms with Crippen molar-refractivity contribution in [3.63, 3.8) is 0 Å². The smallest absolute Gasteiger partial charge is 0.244 e. The first kappa shape index (κ1) is 16.1. The molecule has 1 heterocycles. The van der Waals surface area contributed by atoms with E-state index in [2.05, 4.69) is 11.4 Å². The molecule has 0 atom stereocenters. The van der Waals surface area contributed by atoms with Crippen LogP contribution in [0.15, 0.2) is 48.5 Å². The number of hydrogen-bond donors (Lipinski definition) is 1. The molecule has 124 valence electrons. The second kappa shape index (κ2) is 7.68. The lowest BCUT2D eigenvalue weighted by atomic mass is 10.1. The van der Waals surface area contributed by atoms with Crippen molar-refractivity contribution in [2.75, 3.05) is 13.2 Å². The summed E-state index contributed by atoms with van der Waals surface area (Å²) in [6.45, 7) is 3.73. The third-order valence-electron chi connectivity index (χ3n) is 3.87. The lowest BCUT2D eigenvalue weighted by Gasteiger charge is -2.10. The zero-order valence-electron chi connectivity index (χ0n) is 13.7. The van der Waals surface area contributed by atoms with Gasteiger partial charge in [0.1, 0.15) is 11.5 Å². The monoisotopic (exact) mass is 323 g/mol. The van der Waals surface area contributed by atoms with Crippen molar-refractivity contribution in [2.24, 2.45) is 0 Å². The van der Waals surface area contributed by atoms with Gasteiger partial charge in [-0.15, -0.1) is 0 Å². The van der Waals surface area contributed by atoms with Gasteiger partial charge in [-0.05, 0) is 42.3 Å². The molecule has 1 amide bonds. The third kappa shape index (κ3) is 3.96. The van der Waals surface area contributed by atoms with E-state index in [1.165, 1.54) is 5.56 Å². The molecule has 24 heavy (non-hydrogen) atoms. The Kier molecular flexibility index (Phi) is 5.16. The van der Waals surface area contributed by atoms with E-state index in [9.17, 15) is 4.79 Å². The predicted molar refractivity (Wildman–Crippen MR) is 94.1 cm³/mol. The lowest BCUT2D eigenvalue weighted by molar-refractivity contribution is -0.116. The van der Waals surface area contributed by atoms with E-state index in [0.29, 0.717) is 13.2 Å².